The van der Waals surface area contributed by atoms with Crippen LogP contribution in [-0.2, 0) is 6.54 Å². The molecule has 0 saturated carbocycles. The highest BCUT2D eigenvalue weighted by Gasteiger charge is 2.12. The molecule has 0 saturated heterocycles. The normalized spacial score (nSPS) is 10.4. The fourth-order valence-electron chi connectivity index (χ4n) is 2.24. The summed E-state index contributed by atoms with van der Waals surface area (Å²) in [5, 5.41) is 14.9. The summed E-state index contributed by atoms with van der Waals surface area (Å²) in [6.07, 6.45) is 0. The lowest BCUT2D eigenvalue weighted by Crippen LogP contribution is -2.23. The van der Waals surface area contributed by atoms with Gasteiger partial charge in [-0.15, -0.1) is 11.3 Å². The van der Waals surface area contributed by atoms with Gasteiger partial charge in [0.1, 0.15) is 16.5 Å². The van der Waals surface area contributed by atoms with Crippen molar-refractivity contribution in [2.45, 2.75) is 6.54 Å². The monoisotopic (exact) mass is 340 g/mol. The summed E-state index contributed by atoms with van der Waals surface area (Å²) >= 11 is 1.48. The number of carbonyl (C=O) groups excluding carboxylic acids is 1. The van der Waals surface area contributed by atoms with E-state index in [1.165, 1.54) is 18.4 Å². The van der Waals surface area contributed by atoms with E-state index in [-0.39, 0.29) is 11.7 Å². The summed E-state index contributed by atoms with van der Waals surface area (Å²) in [6.45, 7) is 0.347. The number of para-hydroxylation sites is 1. The van der Waals surface area contributed by atoms with Gasteiger partial charge in [0.05, 0.1) is 24.9 Å². The number of methoxy groups -OCH3 is 1. The van der Waals surface area contributed by atoms with Gasteiger partial charge in [-0.3, -0.25) is 4.79 Å². The summed E-state index contributed by atoms with van der Waals surface area (Å²) in [6, 6.07) is 13.9. The number of thiazole rings is 1. The quantitative estimate of drug-likeness (QED) is 0.746. The highest BCUT2D eigenvalue weighted by molar-refractivity contribution is 7.09. The highest BCUT2D eigenvalue weighted by Crippen LogP contribution is 2.24. The Kier molecular flexibility index (Phi) is 4.77. The minimum Gasteiger partial charge on any atom is -0.508 e. The van der Waals surface area contributed by atoms with E-state index in [4.69, 9.17) is 4.74 Å². The molecule has 24 heavy (non-hydrogen) atoms. The third-order valence-corrected chi connectivity index (χ3v) is 4.32. The van der Waals surface area contributed by atoms with Crippen molar-refractivity contribution in [1.82, 2.24) is 10.3 Å². The molecule has 0 aliphatic carbocycles. The zero-order valence-electron chi connectivity index (χ0n) is 13.0. The van der Waals surface area contributed by atoms with Crippen molar-refractivity contribution in [1.29, 1.82) is 0 Å². The Morgan fingerprint density at radius 1 is 1.21 bits per heavy atom. The summed E-state index contributed by atoms with van der Waals surface area (Å²) in [7, 11) is 1.54. The second kappa shape index (κ2) is 7.14. The molecule has 3 rings (SSSR count). The average molecular weight is 340 g/mol. The molecule has 5 nitrogen and oxygen atoms in total. The Balaban J connectivity index is 1.67. The van der Waals surface area contributed by atoms with Gasteiger partial charge in [-0.25, -0.2) is 4.98 Å². The molecular weight excluding hydrogens is 324 g/mol. The number of aromatic nitrogens is 1. The molecule has 0 spiro atoms. The van der Waals surface area contributed by atoms with Crippen molar-refractivity contribution in [3.63, 3.8) is 0 Å². The molecule has 1 heterocycles. The molecule has 122 valence electrons. The minimum absolute atomic E-state index is 0.200. The fraction of sp³-hybridized carbons (Fsp3) is 0.111. The highest BCUT2D eigenvalue weighted by atomic mass is 32.1. The molecule has 0 atom stereocenters. The van der Waals surface area contributed by atoms with Crippen LogP contribution in [0.25, 0.3) is 11.3 Å². The Morgan fingerprint density at radius 2 is 1.96 bits per heavy atom. The van der Waals surface area contributed by atoms with Crippen LogP contribution in [0.4, 0.5) is 0 Å². The Labute approximate surface area is 143 Å². The number of nitrogens with one attached hydrogen (secondary N) is 1. The number of carbonyl (C=O) groups is 1. The van der Waals surface area contributed by atoms with Gasteiger partial charge in [-0.1, -0.05) is 12.1 Å². The number of rotatable bonds is 5. The number of amides is 1. The first-order chi connectivity index (χ1) is 11.7. The summed E-state index contributed by atoms with van der Waals surface area (Å²) in [5.41, 5.74) is 2.24. The van der Waals surface area contributed by atoms with Gasteiger partial charge in [-0.05, 0) is 36.4 Å². The molecule has 0 unspecified atom stereocenters. The summed E-state index contributed by atoms with van der Waals surface area (Å²) in [5.74, 6) is 0.561. The standard InChI is InChI=1S/C18H16N2O3S/c1-23-16-5-3-2-4-14(16)18(22)19-10-17-20-15(11-24-17)12-6-8-13(21)9-7-12/h2-9,11,21H,10H2,1H3,(H,19,22). The lowest BCUT2D eigenvalue weighted by atomic mass is 10.2. The molecule has 0 aliphatic heterocycles. The Hall–Kier alpha value is -2.86. The largest absolute Gasteiger partial charge is 0.508 e. The van der Waals surface area contributed by atoms with E-state index in [1.807, 2.05) is 23.6 Å². The number of hydrogen-bond acceptors (Lipinski definition) is 5. The number of hydrogen-bond donors (Lipinski definition) is 2. The summed E-state index contributed by atoms with van der Waals surface area (Å²) < 4.78 is 5.20. The first-order valence-electron chi connectivity index (χ1n) is 7.32. The number of ether oxygens (including phenoxy) is 1. The van der Waals surface area contributed by atoms with E-state index in [0.717, 1.165) is 16.3 Å². The topological polar surface area (TPSA) is 71.5 Å². The van der Waals surface area contributed by atoms with Gasteiger partial charge in [0.25, 0.3) is 5.91 Å². The number of nitrogens with zero attached hydrogens (tertiary/aromatic N) is 1. The molecule has 6 heteroatoms. The van der Waals surface area contributed by atoms with Crippen molar-refractivity contribution in [3.8, 4) is 22.8 Å². The number of benzene rings is 2. The number of phenols is 1. The van der Waals surface area contributed by atoms with Crippen LogP contribution >= 0.6 is 11.3 Å². The van der Waals surface area contributed by atoms with Gasteiger partial charge in [-0.2, -0.15) is 0 Å². The van der Waals surface area contributed by atoms with E-state index >= 15 is 0 Å². The van der Waals surface area contributed by atoms with Crippen molar-refractivity contribution in [3.05, 3.63) is 64.5 Å². The van der Waals surface area contributed by atoms with Gasteiger partial charge in [0.15, 0.2) is 0 Å². The summed E-state index contributed by atoms with van der Waals surface area (Å²) in [4.78, 5) is 16.8. The maximum absolute atomic E-state index is 12.3. The van der Waals surface area contributed by atoms with Crippen LogP contribution in [0.5, 0.6) is 11.5 Å². The molecule has 2 aromatic carbocycles. The fourth-order valence-corrected chi connectivity index (χ4v) is 2.98. The van der Waals surface area contributed by atoms with E-state index < -0.39 is 0 Å². The van der Waals surface area contributed by atoms with Crippen LogP contribution in [0.3, 0.4) is 0 Å². The Bertz CT molecular complexity index is 843. The number of phenolic OH excluding ortho intramolecular Hbond substituents is 1. The van der Waals surface area contributed by atoms with E-state index in [2.05, 4.69) is 10.3 Å². The average Bonchev–Trinajstić information content (AvgIpc) is 3.09. The van der Waals surface area contributed by atoms with Gasteiger partial charge in [0, 0.05) is 10.9 Å². The molecule has 0 bridgehead atoms. The van der Waals surface area contributed by atoms with Crippen molar-refractivity contribution in [2.24, 2.45) is 0 Å². The molecule has 0 fully saturated rings. The van der Waals surface area contributed by atoms with Gasteiger partial charge in [0.2, 0.25) is 0 Å². The van der Waals surface area contributed by atoms with E-state index in [0.29, 0.717) is 17.9 Å². The van der Waals surface area contributed by atoms with Crippen LogP contribution < -0.4 is 10.1 Å². The molecule has 3 aromatic rings. The van der Waals surface area contributed by atoms with Crippen LogP contribution in [0.1, 0.15) is 15.4 Å². The second-order valence-corrected chi connectivity index (χ2v) is 6.00. The lowest BCUT2D eigenvalue weighted by molar-refractivity contribution is 0.0948. The third kappa shape index (κ3) is 3.55. The smallest absolute Gasteiger partial charge is 0.255 e. The zero-order valence-corrected chi connectivity index (χ0v) is 13.8. The molecule has 0 aliphatic rings. The molecule has 0 radical (unpaired) electrons. The molecule has 2 N–H and O–H groups in total. The first-order valence-corrected chi connectivity index (χ1v) is 8.20. The lowest BCUT2D eigenvalue weighted by Gasteiger charge is -2.07. The van der Waals surface area contributed by atoms with Crippen molar-refractivity contribution < 1.29 is 14.6 Å². The number of aromatic hydroxyl groups is 1. The van der Waals surface area contributed by atoms with Gasteiger partial charge >= 0.3 is 0 Å². The maximum Gasteiger partial charge on any atom is 0.255 e. The SMILES string of the molecule is COc1ccccc1C(=O)NCc1nc(-c2ccc(O)cc2)cs1. The predicted octanol–water partition coefficient (Wildman–Crippen LogP) is 3.45. The van der Waals surface area contributed by atoms with Crippen LogP contribution in [0, 0.1) is 0 Å². The predicted molar refractivity (Wildman–Crippen MR) is 93.4 cm³/mol. The molecule has 1 amide bonds. The minimum atomic E-state index is -0.200. The first kappa shape index (κ1) is 16.0. The molecule has 1 aromatic heterocycles. The van der Waals surface area contributed by atoms with Crippen LogP contribution in [0.15, 0.2) is 53.9 Å². The van der Waals surface area contributed by atoms with Crippen molar-refractivity contribution in [2.75, 3.05) is 7.11 Å². The molecular formula is C18H16N2O3S. The third-order valence-electron chi connectivity index (χ3n) is 3.47. The van der Waals surface area contributed by atoms with Crippen LogP contribution in [-0.4, -0.2) is 23.1 Å². The second-order valence-electron chi connectivity index (χ2n) is 5.06. The van der Waals surface area contributed by atoms with Crippen molar-refractivity contribution >= 4 is 17.2 Å². The van der Waals surface area contributed by atoms with Gasteiger partial charge < -0.3 is 15.2 Å². The van der Waals surface area contributed by atoms with Crippen LogP contribution in [0.2, 0.25) is 0 Å². The van der Waals surface area contributed by atoms with E-state index in [1.54, 1.807) is 30.3 Å². The Morgan fingerprint density at radius 3 is 2.71 bits per heavy atom. The van der Waals surface area contributed by atoms with E-state index in [9.17, 15) is 9.90 Å². The maximum atomic E-state index is 12.3. The zero-order chi connectivity index (χ0) is 16.9.